The second-order valence-electron chi connectivity index (χ2n) is 5.57. The highest BCUT2D eigenvalue weighted by Gasteiger charge is 2.37. The lowest BCUT2D eigenvalue weighted by atomic mass is 10.0. The zero-order valence-electron chi connectivity index (χ0n) is 12.7. The van der Waals surface area contributed by atoms with E-state index in [4.69, 9.17) is 0 Å². The van der Waals surface area contributed by atoms with Gasteiger partial charge in [-0.3, -0.25) is 4.79 Å². The van der Waals surface area contributed by atoms with Crippen molar-refractivity contribution in [1.29, 1.82) is 0 Å². The Morgan fingerprint density at radius 3 is 2.43 bits per heavy atom. The van der Waals surface area contributed by atoms with E-state index in [-0.39, 0.29) is 11.8 Å². The van der Waals surface area contributed by atoms with Crippen LogP contribution in [0.15, 0.2) is 35.2 Å². The maximum Gasteiger partial charge on any atom is 0.225 e. The van der Waals surface area contributed by atoms with Crippen LogP contribution in [0.3, 0.4) is 0 Å². The third-order valence-corrected chi connectivity index (χ3v) is 6.49. The van der Waals surface area contributed by atoms with Crippen molar-refractivity contribution in [2.24, 2.45) is 5.92 Å². The van der Waals surface area contributed by atoms with Gasteiger partial charge in [-0.1, -0.05) is 32.0 Å². The van der Waals surface area contributed by atoms with E-state index < -0.39 is 15.1 Å². The molecule has 0 aliphatic carbocycles. The highest BCUT2D eigenvalue weighted by molar-refractivity contribution is 7.92. The van der Waals surface area contributed by atoms with Crippen LogP contribution < -0.4 is 0 Å². The summed E-state index contributed by atoms with van der Waals surface area (Å²) in [6.07, 6.45) is 2.15. The molecule has 1 aromatic rings. The predicted octanol–water partition coefficient (Wildman–Crippen LogP) is 2.50. The number of hydrogen-bond donors (Lipinski definition) is 0. The summed E-state index contributed by atoms with van der Waals surface area (Å²) >= 11 is 0. The molecular weight excluding hydrogens is 286 g/mol. The summed E-state index contributed by atoms with van der Waals surface area (Å²) in [4.78, 5) is 14.4. The van der Waals surface area contributed by atoms with E-state index in [2.05, 4.69) is 0 Å². The van der Waals surface area contributed by atoms with Gasteiger partial charge in [0.15, 0.2) is 9.84 Å². The Kier molecular flexibility index (Phi) is 5.04. The van der Waals surface area contributed by atoms with Crippen LogP contribution in [0.1, 0.15) is 33.1 Å². The van der Waals surface area contributed by atoms with Crippen molar-refractivity contribution in [2.45, 2.75) is 43.3 Å². The lowest BCUT2D eigenvalue weighted by Crippen LogP contribution is -2.35. The van der Waals surface area contributed by atoms with Crippen LogP contribution in [0.4, 0.5) is 0 Å². The molecule has 21 heavy (non-hydrogen) atoms. The molecule has 1 atom stereocenters. The molecule has 0 saturated carbocycles. The van der Waals surface area contributed by atoms with Gasteiger partial charge in [0.2, 0.25) is 5.91 Å². The Bertz CT molecular complexity index is 579. The van der Waals surface area contributed by atoms with Gasteiger partial charge in [0.1, 0.15) is 0 Å². The van der Waals surface area contributed by atoms with Crippen LogP contribution in [-0.4, -0.2) is 37.6 Å². The van der Waals surface area contributed by atoms with Crippen molar-refractivity contribution in [1.82, 2.24) is 4.90 Å². The fourth-order valence-corrected chi connectivity index (χ4v) is 4.59. The van der Waals surface area contributed by atoms with Crippen molar-refractivity contribution < 1.29 is 13.2 Å². The second-order valence-corrected chi connectivity index (χ2v) is 7.79. The minimum Gasteiger partial charge on any atom is -0.341 e. The number of likely N-dealkylation sites (tertiary alicyclic amines) is 1. The minimum atomic E-state index is -3.34. The van der Waals surface area contributed by atoms with Gasteiger partial charge in [-0.2, -0.15) is 0 Å². The normalized spacial score (nSPS) is 19.2. The molecule has 0 radical (unpaired) electrons. The fourth-order valence-electron chi connectivity index (χ4n) is 2.88. The lowest BCUT2D eigenvalue weighted by molar-refractivity contribution is -0.134. The molecule has 0 aromatic heterocycles. The quantitative estimate of drug-likeness (QED) is 0.839. The average molecular weight is 309 g/mol. The molecule has 0 N–H and O–H groups in total. The molecule has 1 aliphatic heterocycles. The number of rotatable bonds is 5. The van der Waals surface area contributed by atoms with E-state index >= 15 is 0 Å². The van der Waals surface area contributed by atoms with Crippen molar-refractivity contribution >= 4 is 15.7 Å². The molecule has 0 spiro atoms. The standard InChI is InChI=1S/C16H23NO3S/c1-3-13(4-2)16(18)17-11-10-15(12-17)21(19,20)14-8-6-5-7-9-14/h5-9,13,15H,3-4,10-12H2,1-2H3. The van der Waals surface area contributed by atoms with Gasteiger partial charge in [0.25, 0.3) is 0 Å². The van der Waals surface area contributed by atoms with Gasteiger partial charge in [-0.05, 0) is 31.4 Å². The Balaban J connectivity index is 2.11. The third kappa shape index (κ3) is 3.28. The zero-order valence-corrected chi connectivity index (χ0v) is 13.5. The first-order valence-electron chi connectivity index (χ1n) is 7.58. The number of sulfone groups is 1. The summed E-state index contributed by atoms with van der Waals surface area (Å²) in [6.45, 7) is 4.87. The number of hydrogen-bond acceptors (Lipinski definition) is 3. The molecule has 1 aliphatic rings. The average Bonchev–Trinajstić information content (AvgIpc) is 3.00. The topological polar surface area (TPSA) is 54.5 Å². The molecule has 0 bridgehead atoms. The van der Waals surface area contributed by atoms with Crippen LogP contribution in [-0.2, 0) is 14.6 Å². The van der Waals surface area contributed by atoms with Crippen molar-refractivity contribution in [3.8, 4) is 0 Å². The number of carbonyl (C=O) groups is 1. The summed E-state index contributed by atoms with van der Waals surface area (Å²) in [5, 5.41) is -0.474. The first-order valence-corrected chi connectivity index (χ1v) is 9.13. The number of benzene rings is 1. The lowest BCUT2D eigenvalue weighted by Gasteiger charge is -2.21. The molecular formula is C16H23NO3S. The molecule has 2 rings (SSSR count). The van der Waals surface area contributed by atoms with E-state index in [0.29, 0.717) is 24.4 Å². The van der Waals surface area contributed by atoms with Gasteiger partial charge in [-0.15, -0.1) is 0 Å². The van der Waals surface area contributed by atoms with E-state index in [1.54, 1.807) is 35.2 Å². The minimum absolute atomic E-state index is 0.0168. The maximum absolute atomic E-state index is 12.6. The van der Waals surface area contributed by atoms with Gasteiger partial charge < -0.3 is 4.90 Å². The summed E-state index contributed by atoms with van der Waals surface area (Å²) in [7, 11) is -3.34. The largest absolute Gasteiger partial charge is 0.341 e. The van der Waals surface area contributed by atoms with Crippen LogP contribution >= 0.6 is 0 Å². The second kappa shape index (κ2) is 6.60. The van der Waals surface area contributed by atoms with Crippen molar-refractivity contribution in [3.63, 3.8) is 0 Å². The van der Waals surface area contributed by atoms with Gasteiger partial charge in [0.05, 0.1) is 10.1 Å². The molecule has 4 nitrogen and oxygen atoms in total. The van der Waals surface area contributed by atoms with E-state index in [0.717, 1.165) is 12.8 Å². The Morgan fingerprint density at radius 1 is 1.24 bits per heavy atom. The molecule has 1 fully saturated rings. The highest BCUT2D eigenvalue weighted by atomic mass is 32.2. The van der Waals surface area contributed by atoms with Gasteiger partial charge in [-0.25, -0.2) is 8.42 Å². The zero-order chi connectivity index (χ0) is 15.5. The Hall–Kier alpha value is -1.36. The molecule has 1 amide bonds. The van der Waals surface area contributed by atoms with Crippen LogP contribution in [0, 0.1) is 5.92 Å². The van der Waals surface area contributed by atoms with E-state index in [1.807, 2.05) is 13.8 Å². The number of carbonyl (C=O) groups excluding carboxylic acids is 1. The summed E-state index contributed by atoms with van der Waals surface area (Å²) < 4.78 is 25.1. The van der Waals surface area contributed by atoms with Crippen LogP contribution in [0.2, 0.25) is 0 Å². The molecule has 1 heterocycles. The number of nitrogens with zero attached hydrogens (tertiary/aromatic N) is 1. The monoisotopic (exact) mass is 309 g/mol. The molecule has 116 valence electrons. The molecule has 5 heteroatoms. The molecule has 1 unspecified atom stereocenters. The van der Waals surface area contributed by atoms with Crippen LogP contribution in [0.25, 0.3) is 0 Å². The van der Waals surface area contributed by atoms with Crippen LogP contribution in [0.5, 0.6) is 0 Å². The predicted molar refractivity (Wildman–Crippen MR) is 82.7 cm³/mol. The van der Waals surface area contributed by atoms with Crippen molar-refractivity contribution in [2.75, 3.05) is 13.1 Å². The summed E-state index contributed by atoms with van der Waals surface area (Å²) in [6, 6.07) is 8.52. The Morgan fingerprint density at radius 2 is 1.86 bits per heavy atom. The van der Waals surface area contributed by atoms with Gasteiger partial charge >= 0.3 is 0 Å². The first kappa shape index (κ1) is 16.0. The number of amides is 1. The van der Waals surface area contributed by atoms with Crippen molar-refractivity contribution in [3.05, 3.63) is 30.3 Å². The van der Waals surface area contributed by atoms with Gasteiger partial charge in [0, 0.05) is 19.0 Å². The van der Waals surface area contributed by atoms with E-state index in [9.17, 15) is 13.2 Å². The SMILES string of the molecule is CCC(CC)C(=O)N1CCC(S(=O)(=O)c2ccccc2)C1. The molecule has 1 aromatic carbocycles. The summed E-state index contributed by atoms with van der Waals surface area (Å²) in [5.74, 6) is 0.119. The molecule has 1 saturated heterocycles. The van der Waals surface area contributed by atoms with E-state index in [1.165, 1.54) is 0 Å². The fraction of sp³-hybridized carbons (Fsp3) is 0.562. The third-order valence-electron chi connectivity index (χ3n) is 4.30. The summed E-state index contributed by atoms with van der Waals surface area (Å²) in [5.41, 5.74) is 0. The smallest absolute Gasteiger partial charge is 0.225 e. The first-order chi connectivity index (χ1) is 10.0. The highest BCUT2D eigenvalue weighted by Crippen LogP contribution is 2.25. The maximum atomic E-state index is 12.6. The Labute approximate surface area is 127 Å².